The number of carbonyl (C=O) groups excluding carboxylic acids is 1. The molecule has 1 fully saturated rings. The van der Waals surface area contributed by atoms with Gasteiger partial charge in [0.2, 0.25) is 5.88 Å². The number of amides is 1. The first-order valence-corrected chi connectivity index (χ1v) is 8.69. The third-order valence-corrected chi connectivity index (χ3v) is 4.51. The van der Waals surface area contributed by atoms with Crippen LogP contribution in [0.3, 0.4) is 0 Å². The molecular formula is C19H22Cl2F3N3O2. The highest BCUT2D eigenvalue weighted by molar-refractivity contribution is 5.94. The number of nitrogens with two attached hydrogens (primary N) is 1. The molecule has 0 unspecified atom stereocenters. The minimum atomic E-state index is -4.44. The van der Waals surface area contributed by atoms with Crippen LogP contribution in [0.15, 0.2) is 42.6 Å². The molecule has 160 valence electrons. The van der Waals surface area contributed by atoms with Crippen LogP contribution in [0.4, 0.5) is 13.2 Å². The SMILES string of the molecule is Cl.Cl.NC1CCC(NC(=O)c2ccc(Oc3ccc(C(F)(F)F)cn3)cc2)CC1. The zero-order chi connectivity index (χ0) is 19.4. The van der Waals surface area contributed by atoms with Gasteiger partial charge < -0.3 is 15.8 Å². The molecule has 1 saturated carbocycles. The van der Waals surface area contributed by atoms with E-state index in [0.717, 1.165) is 37.8 Å². The first-order valence-electron chi connectivity index (χ1n) is 8.69. The number of nitrogens with one attached hydrogen (secondary N) is 1. The summed E-state index contributed by atoms with van der Waals surface area (Å²) in [6.45, 7) is 0. The number of benzene rings is 1. The van der Waals surface area contributed by atoms with Gasteiger partial charge in [-0.3, -0.25) is 4.79 Å². The maximum atomic E-state index is 12.5. The Hall–Kier alpha value is -2.03. The summed E-state index contributed by atoms with van der Waals surface area (Å²) >= 11 is 0. The first-order chi connectivity index (χ1) is 12.8. The van der Waals surface area contributed by atoms with Crippen molar-refractivity contribution in [2.45, 2.75) is 43.9 Å². The third kappa shape index (κ3) is 7.06. The largest absolute Gasteiger partial charge is 0.439 e. The van der Waals surface area contributed by atoms with Crippen molar-refractivity contribution >= 4 is 30.7 Å². The maximum absolute atomic E-state index is 12.5. The Morgan fingerprint density at radius 2 is 1.66 bits per heavy atom. The van der Waals surface area contributed by atoms with E-state index in [9.17, 15) is 18.0 Å². The van der Waals surface area contributed by atoms with Crippen molar-refractivity contribution in [1.82, 2.24) is 10.3 Å². The summed E-state index contributed by atoms with van der Waals surface area (Å²) in [5, 5.41) is 2.99. The van der Waals surface area contributed by atoms with Crippen molar-refractivity contribution in [2.75, 3.05) is 0 Å². The van der Waals surface area contributed by atoms with Crippen molar-refractivity contribution in [3.05, 3.63) is 53.7 Å². The highest BCUT2D eigenvalue weighted by atomic mass is 35.5. The number of hydrogen-bond donors (Lipinski definition) is 2. The molecule has 3 N–H and O–H groups in total. The van der Waals surface area contributed by atoms with Gasteiger partial charge in [-0.2, -0.15) is 13.2 Å². The van der Waals surface area contributed by atoms with Crippen LogP contribution in [0, 0.1) is 0 Å². The van der Waals surface area contributed by atoms with Gasteiger partial charge in [-0.1, -0.05) is 0 Å². The highest BCUT2D eigenvalue weighted by Crippen LogP contribution is 2.30. The molecule has 0 atom stereocenters. The topological polar surface area (TPSA) is 77.2 Å². The molecule has 0 radical (unpaired) electrons. The minimum absolute atomic E-state index is 0. The Bertz CT molecular complexity index is 779. The van der Waals surface area contributed by atoms with Crippen LogP contribution in [0.5, 0.6) is 11.6 Å². The number of pyridine rings is 1. The predicted molar refractivity (Wildman–Crippen MR) is 108 cm³/mol. The van der Waals surface area contributed by atoms with E-state index in [2.05, 4.69) is 10.3 Å². The quantitative estimate of drug-likeness (QED) is 0.703. The summed E-state index contributed by atoms with van der Waals surface area (Å²) in [5.41, 5.74) is 5.50. The number of rotatable bonds is 4. The number of nitrogens with zero attached hydrogens (tertiary/aromatic N) is 1. The third-order valence-electron chi connectivity index (χ3n) is 4.51. The van der Waals surface area contributed by atoms with Crippen LogP contribution in [0.2, 0.25) is 0 Å². The number of halogens is 5. The molecular weight excluding hydrogens is 430 g/mol. The summed E-state index contributed by atoms with van der Waals surface area (Å²) in [4.78, 5) is 15.9. The van der Waals surface area contributed by atoms with Gasteiger partial charge in [0.1, 0.15) is 5.75 Å². The first kappa shape index (κ1) is 25.0. The average Bonchev–Trinajstić information content (AvgIpc) is 2.64. The molecule has 1 heterocycles. The van der Waals surface area contributed by atoms with Gasteiger partial charge in [-0.15, -0.1) is 24.8 Å². The van der Waals surface area contributed by atoms with Crippen molar-refractivity contribution in [2.24, 2.45) is 5.73 Å². The standard InChI is InChI=1S/C19H20F3N3O2.2ClH/c20-19(21,22)13-3-10-17(24-11-13)27-16-8-1-12(2-9-16)18(26)25-15-6-4-14(23)5-7-15;;/h1-3,8-11,14-15H,4-7,23H2,(H,25,26);2*1H. The lowest BCUT2D eigenvalue weighted by atomic mass is 9.91. The maximum Gasteiger partial charge on any atom is 0.417 e. The van der Waals surface area contributed by atoms with Crippen molar-refractivity contribution in [3.8, 4) is 11.6 Å². The van der Waals surface area contributed by atoms with Crippen LogP contribution < -0.4 is 15.8 Å². The molecule has 1 aliphatic carbocycles. The van der Waals surface area contributed by atoms with E-state index in [4.69, 9.17) is 10.5 Å². The summed E-state index contributed by atoms with van der Waals surface area (Å²) < 4.78 is 43.0. The van der Waals surface area contributed by atoms with Crippen LogP contribution >= 0.6 is 24.8 Å². The molecule has 1 aliphatic rings. The van der Waals surface area contributed by atoms with E-state index >= 15 is 0 Å². The van der Waals surface area contributed by atoms with E-state index in [1.54, 1.807) is 24.3 Å². The zero-order valence-electron chi connectivity index (χ0n) is 15.3. The molecule has 0 saturated heterocycles. The lowest BCUT2D eigenvalue weighted by molar-refractivity contribution is -0.137. The van der Waals surface area contributed by atoms with Gasteiger partial charge in [-0.25, -0.2) is 4.98 Å². The molecule has 0 spiro atoms. The fourth-order valence-corrected chi connectivity index (χ4v) is 2.94. The number of carbonyl (C=O) groups is 1. The van der Waals surface area contributed by atoms with E-state index in [1.807, 2.05) is 0 Å². The van der Waals surface area contributed by atoms with E-state index in [0.29, 0.717) is 17.5 Å². The van der Waals surface area contributed by atoms with Crippen LogP contribution in [0.1, 0.15) is 41.6 Å². The molecule has 1 amide bonds. The van der Waals surface area contributed by atoms with Crippen molar-refractivity contribution in [3.63, 3.8) is 0 Å². The van der Waals surface area contributed by atoms with Gasteiger partial charge in [-0.05, 0) is 56.0 Å². The van der Waals surface area contributed by atoms with Gasteiger partial charge in [0.25, 0.3) is 5.91 Å². The Morgan fingerprint density at radius 3 is 2.17 bits per heavy atom. The molecule has 3 rings (SSSR count). The fourth-order valence-electron chi connectivity index (χ4n) is 2.94. The Morgan fingerprint density at radius 1 is 1.03 bits per heavy atom. The Balaban J connectivity index is 0.00000210. The minimum Gasteiger partial charge on any atom is -0.439 e. The fraction of sp³-hybridized carbons (Fsp3) is 0.368. The molecule has 1 aromatic carbocycles. The zero-order valence-corrected chi connectivity index (χ0v) is 16.9. The molecule has 0 bridgehead atoms. The lowest BCUT2D eigenvalue weighted by Gasteiger charge is -2.26. The predicted octanol–water partition coefficient (Wildman–Crippen LogP) is 4.74. The Kier molecular flexibility index (Phi) is 9.19. The van der Waals surface area contributed by atoms with Crippen molar-refractivity contribution < 1.29 is 22.7 Å². The summed E-state index contributed by atoms with van der Waals surface area (Å²) in [7, 11) is 0. The smallest absolute Gasteiger partial charge is 0.417 e. The van der Waals surface area contributed by atoms with Crippen LogP contribution in [-0.4, -0.2) is 23.0 Å². The van der Waals surface area contributed by atoms with Crippen LogP contribution in [-0.2, 0) is 6.18 Å². The van der Waals surface area contributed by atoms with E-state index in [-0.39, 0.29) is 48.7 Å². The molecule has 5 nitrogen and oxygen atoms in total. The molecule has 0 aliphatic heterocycles. The monoisotopic (exact) mass is 451 g/mol. The second kappa shape index (κ2) is 10.7. The van der Waals surface area contributed by atoms with Gasteiger partial charge in [0.15, 0.2) is 0 Å². The number of hydrogen-bond acceptors (Lipinski definition) is 4. The van der Waals surface area contributed by atoms with Gasteiger partial charge in [0.05, 0.1) is 5.56 Å². The summed E-state index contributed by atoms with van der Waals surface area (Å²) in [5.74, 6) is 0.246. The van der Waals surface area contributed by atoms with Gasteiger partial charge >= 0.3 is 6.18 Å². The van der Waals surface area contributed by atoms with Gasteiger partial charge in [0, 0.05) is 29.9 Å². The Labute approximate surface area is 179 Å². The van der Waals surface area contributed by atoms with E-state index in [1.165, 1.54) is 0 Å². The molecule has 1 aromatic heterocycles. The molecule has 2 aromatic rings. The van der Waals surface area contributed by atoms with E-state index < -0.39 is 11.7 Å². The lowest BCUT2D eigenvalue weighted by Crippen LogP contribution is -2.40. The molecule has 29 heavy (non-hydrogen) atoms. The number of aromatic nitrogens is 1. The highest BCUT2D eigenvalue weighted by Gasteiger charge is 2.30. The summed E-state index contributed by atoms with van der Waals surface area (Å²) in [6, 6.07) is 8.75. The number of alkyl halides is 3. The second-order valence-electron chi connectivity index (χ2n) is 6.59. The number of ether oxygens (including phenoxy) is 1. The van der Waals surface area contributed by atoms with Crippen LogP contribution in [0.25, 0.3) is 0 Å². The average molecular weight is 452 g/mol. The normalized spacial score (nSPS) is 18.8. The van der Waals surface area contributed by atoms with Crippen molar-refractivity contribution in [1.29, 1.82) is 0 Å². The summed E-state index contributed by atoms with van der Waals surface area (Å²) in [6.07, 6.45) is -0.186. The molecule has 10 heteroatoms. The second-order valence-corrected chi connectivity index (χ2v) is 6.59.